The van der Waals surface area contributed by atoms with Gasteiger partial charge in [0.15, 0.2) is 0 Å². The quantitative estimate of drug-likeness (QED) is 0.756. The molecular weight excluding hydrogens is 390 g/mol. The van der Waals surface area contributed by atoms with Crippen LogP contribution in [0.5, 0.6) is 5.75 Å². The maximum atomic E-state index is 13.4. The fraction of sp³-hybridized carbons (Fsp3) is 0.391. The lowest BCUT2D eigenvalue weighted by atomic mass is 9.95. The summed E-state index contributed by atoms with van der Waals surface area (Å²) in [6.45, 7) is -0.225. The van der Waals surface area contributed by atoms with Crippen LogP contribution in [0, 0.1) is 5.92 Å². The molecular formula is C23H24F2N2O3. The molecule has 1 fully saturated rings. The van der Waals surface area contributed by atoms with Gasteiger partial charge >= 0.3 is 6.61 Å². The van der Waals surface area contributed by atoms with Gasteiger partial charge in [-0.15, -0.1) is 0 Å². The molecule has 5 nitrogen and oxygen atoms in total. The molecule has 0 spiro atoms. The van der Waals surface area contributed by atoms with E-state index in [0.29, 0.717) is 19.4 Å². The molecule has 0 radical (unpaired) electrons. The Morgan fingerprint density at radius 1 is 1.10 bits per heavy atom. The maximum absolute atomic E-state index is 13.4. The van der Waals surface area contributed by atoms with Crippen LogP contribution in [0.25, 0.3) is 0 Å². The molecule has 0 unspecified atom stereocenters. The summed E-state index contributed by atoms with van der Waals surface area (Å²) >= 11 is 0. The molecule has 2 aliphatic heterocycles. The Morgan fingerprint density at radius 2 is 1.83 bits per heavy atom. The van der Waals surface area contributed by atoms with Gasteiger partial charge in [-0.1, -0.05) is 30.3 Å². The Bertz CT molecular complexity index is 950. The van der Waals surface area contributed by atoms with Crippen LogP contribution in [-0.4, -0.2) is 42.5 Å². The lowest BCUT2D eigenvalue weighted by Gasteiger charge is -2.35. The van der Waals surface area contributed by atoms with E-state index in [9.17, 15) is 18.4 Å². The molecule has 7 heteroatoms. The van der Waals surface area contributed by atoms with Crippen molar-refractivity contribution >= 4 is 17.5 Å². The molecule has 0 bridgehead atoms. The van der Waals surface area contributed by atoms with Gasteiger partial charge < -0.3 is 14.5 Å². The van der Waals surface area contributed by atoms with Crippen molar-refractivity contribution in [2.24, 2.45) is 5.92 Å². The second kappa shape index (κ2) is 8.42. The molecule has 0 N–H and O–H groups in total. The van der Waals surface area contributed by atoms with E-state index in [0.717, 1.165) is 17.7 Å². The van der Waals surface area contributed by atoms with Gasteiger partial charge in [-0.3, -0.25) is 9.59 Å². The molecule has 2 aliphatic rings. The van der Waals surface area contributed by atoms with E-state index in [1.165, 1.54) is 12.1 Å². The van der Waals surface area contributed by atoms with E-state index in [4.69, 9.17) is 0 Å². The first-order valence-electron chi connectivity index (χ1n) is 10.2. The van der Waals surface area contributed by atoms with E-state index in [-0.39, 0.29) is 35.7 Å². The minimum absolute atomic E-state index is 0.0158. The van der Waals surface area contributed by atoms with Gasteiger partial charge in [-0.05, 0) is 49.9 Å². The standard InChI is InChI=1S/C23H24F2N2O3/c1-15-13-16-7-2-4-10-19(16)27(15)21(28)17-8-6-12-26(14-17)22(29)18-9-3-5-11-20(18)30-23(24)25/h2-5,7,9-11,15,17,23H,6,8,12-14H2,1H3/t15-,17+/m1/s1. The summed E-state index contributed by atoms with van der Waals surface area (Å²) in [5.41, 5.74) is 2.18. The topological polar surface area (TPSA) is 49.9 Å². The van der Waals surface area contributed by atoms with Gasteiger partial charge in [0.25, 0.3) is 5.91 Å². The summed E-state index contributed by atoms with van der Waals surface area (Å²) in [5.74, 6) is -0.840. The molecule has 0 aromatic heterocycles. The van der Waals surface area contributed by atoms with Crippen LogP contribution in [0.2, 0.25) is 0 Å². The summed E-state index contributed by atoms with van der Waals surface area (Å²) < 4.78 is 29.9. The van der Waals surface area contributed by atoms with Crippen molar-refractivity contribution in [3.8, 4) is 5.75 Å². The Morgan fingerprint density at radius 3 is 2.63 bits per heavy atom. The number of likely N-dealkylation sites (tertiary alicyclic amines) is 1. The first kappa shape index (κ1) is 20.3. The first-order chi connectivity index (χ1) is 14.5. The molecule has 1 saturated heterocycles. The number of rotatable bonds is 4. The molecule has 0 saturated carbocycles. The minimum Gasteiger partial charge on any atom is -0.434 e. The number of fused-ring (bicyclic) bond motifs is 1. The van der Waals surface area contributed by atoms with Crippen LogP contribution >= 0.6 is 0 Å². The maximum Gasteiger partial charge on any atom is 0.387 e. The largest absolute Gasteiger partial charge is 0.434 e. The number of piperidine rings is 1. The Kier molecular flexibility index (Phi) is 5.70. The van der Waals surface area contributed by atoms with Gasteiger partial charge in [0, 0.05) is 24.8 Å². The van der Waals surface area contributed by atoms with E-state index >= 15 is 0 Å². The lowest BCUT2D eigenvalue weighted by Crippen LogP contribution is -2.48. The Balaban J connectivity index is 1.52. The van der Waals surface area contributed by atoms with Crippen molar-refractivity contribution in [1.29, 1.82) is 0 Å². The molecule has 4 rings (SSSR count). The van der Waals surface area contributed by atoms with Gasteiger partial charge in [0.2, 0.25) is 5.91 Å². The summed E-state index contributed by atoms with van der Waals surface area (Å²) in [7, 11) is 0. The predicted molar refractivity (Wildman–Crippen MR) is 109 cm³/mol. The second-order valence-corrected chi connectivity index (χ2v) is 7.86. The van der Waals surface area contributed by atoms with Gasteiger partial charge in [0.1, 0.15) is 5.75 Å². The molecule has 30 heavy (non-hydrogen) atoms. The van der Waals surface area contributed by atoms with Crippen molar-refractivity contribution in [1.82, 2.24) is 4.90 Å². The molecule has 2 heterocycles. The zero-order chi connectivity index (χ0) is 21.3. The molecule has 2 aromatic rings. The summed E-state index contributed by atoms with van der Waals surface area (Å²) in [5, 5.41) is 0. The molecule has 0 aliphatic carbocycles. The van der Waals surface area contributed by atoms with Crippen molar-refractivity contribution in [3.05, 3.63) is 59.7 Å². The number of para-hydroxylation sites is 2. The van der Waals surface area contributed by atoms with Crippen LogP contribution < -0.4 is 9.64 Å². The normalized spacial score (nSPS) is 20.9. The SMILES string of the molecule is C[C@@H]1Cc2ccccc2N1C(=O)[C@H]1CCCN(C(=O)c2ccccc2OC(F)F)C1. The highest BCUT2D eigenvalue weighted by Gasteiger charge is 2.37. The third-order valence-corrected chi connectivity index (χ3v) is 5.84. The monoisotopic (exact) mass is 414 g/mol. The fourth-order valence-corrected chi connectivity index (χ4v) is 4.47. The number of alkyl halides is 2. The minimum atomic E-state index is -3.01. The average Bonchev–Trinajstić information content (AvgIpc) is 3.08. The van der Waals surface area contributed by atoms with E-state index in [2.05, 4.69) is 4.74 Å². The van der Waals surface area contributed by atoms with Crippen LogP contribution in [0.15, 0.2) is 48.5 Å². The van der Waals surface area contributed by atoms with Gasteiger partial charge in [-0.25, -0.2) is 0 Å². The Labute approximate surface area is 174 Å². The second-order valence-electron chi connectivity index (χ2n) is 7.86. The smallest absolute Gasteiger partial charge is 0.387 e. The van der Waals surface area contributed by atoms with E-state index < -0.39 is 12.5 Å². The van der Waals surface area contributed by atoms with Crippen LogP contribution in [0.3, 0.4) is 0 Å². The van der Waals surface area contributed by atoms with E-state index in [1.807, 2.05) is 36.1 Å². The highest BCUT2D eigenvalue weighted by Crippen LogP contribution is 2.34. The number of amides is 2. The molecule has 158 valence electrons. The zero-order valence-corrected chi connectivity index (χ0v) is 16.8. The highest BCUT2D eigenvalue weighted by molar-refractivity contribution is 6.00. The highest BCUT2D eigenvalue weighted by atomic mass is 19.3. The van der Waals surface area contributed by atoms with Gasteiger partial charge in [-0.2, -0.15) is 8.78 Å². The van der Waals surface area contributed by atoms with Crippen molar-refractivity contribution in [3.63, 3.8) is 0 Å². The number of ether oxygens (including phenoxy) is 1. The van der Waals surface area contributed by atoms with E-state index in [1.54, 1.807) is 17.0 Å². The summed E-state index contributed by atoms with van der Waals surface area (Å²) in [6.07, 6.45) is 2.20. The van der Waals surface area contributed by atoms with Crippen molar-refractivity contribution in [2.45, 2.75) is 38.8 Å². The number of halogens is 2. The number of carbonyl (C=O) groups excluding carboxylic acids is 2. The molecule has 2 atom stereocenters. The number of benzene rings is 2. The van der Waals surface area contributed by atoms with Gasteiger partial charge in [0.05, 0.1) is 11.5 Å². The summed E-state index contributed by atoms with van der Waals surface area (Å²) in [4.78, 5) is 29.8. The van der Waals surface area contributed by atoms with Crippen molar-refractivity contribution in [2.75, 3.05) is 18.0 Å². The van der Waals surface area contributed by atoms with Crippen molar-refractivity contribution < 1.29 is 23.1 Å². The third-order valence-electron chi connectivity index (χ3n) is 5.84. The molecule has 2 aromatic carbocycles. The number of carbonyl (C=O) groups is 2. The number of anilines is 1. The number of nitrogens with zero attached hydrogens (tertiary/aromatic N) is 2. The lowest BCUT2D eigenvalue weighted by molar-refractivity contribution is -0.124. The van der Waals surface area contributed by atoms with Crippen LogP contribution in [-0.2, 0) is 11.2 Å². The van der Waals surface area contributed by atoms with Crippen LogP contribution in [0.1, 0.15) is 35.7 Å². The first-order valence-corrected chi connectivity index (χ1v) is 10.2. The number of hydrogen-bond donors (Lipinski definition) is 0. The third kappa shape index (κ3) is 3.88. The average molecular weight is 414 g/mol. The summed E-state index contributed by atoms with van der Waals surface area (Å²) in [6, 6.07) is 14.0. The zero-order valence-electron chi connectivity index (χ0n) is 16.8. The molecule has 2 amide bonds. The Hall–Kier alpha value is -2.96. The predicted octanol–water partition coefficient (Wildman–Crippen LogP) is 4.12. The van der Waals surface area contributed by atoms with Crippen LogP contribution in [0.4, 0.5) is 14.5 Å². The number of hydrogen-bond acceptors (Lipinski definition) is 3. The fourth-order valence-electron chi connectivity index (χ4n) is 4.47.